The fourth-order valence-electron chi connectivity index (χ4n) is 2.58. The van der Waals surface area contributed by atoms with Crippen molar-refractivity contribution in [2.24, 2.45) is 0 Å². The van der Waals surface area contributed by atoms with E-state index in [4.69, 9.17) is 10.5 Å². The molecule has 0 saturated heterocycles. The zero-order valence-corrected chi connectivity index (χ0v) is 14.9. The van der Waals surface area contributed by atoms with Gasteiger partial charge in [-0.2, -0.15) is 0 Å². The number of rotatable bonds is 8. The van der Waals surface area contributed by atoms with Crippen LogP contribution in [0.1, 0.15) is 15.9 Å². The number of methoxy groups -OCH3 is 1. The van der Waals surface area contributed by atoms with Crippen LogP contribution in [0.3, 0.4) is 0 Å². The first-order chi connectivity index (χ1) is 12.7. The Balaban J connectivity index is 2.22. The molecule has 0 fully saturated rings. The molecule has 8 nitrogen and oxygen atoms in total. The van der Waals surface area contributed by atoms with Crippen molar-refractivity contribution in [2.75, 3.05) is 33.0 Å². The number of hydrogen-bond acceptors (Lipinski definition) is 6. The molecule has 0 spiro atoms. The lowest BCUT2D eigenvalue weighted by Gasteiger charge is -2.17. The Hall–Kier alpha value is -2.85. The average molecular weight is 382 g/mol. The van der Waals surface area contributed by atoms with Gasteiger partial charge in [0.05, 0.1) is 19.7 Å². The van der Waals surface area contributed by atoms with Gasteiger partial charge < -0.3 is 10.5 Å². The number of halogens is 2. The maximum Gasteiger partial charge on any atom is 0.330 e. The summed E-state index contributed by atoms with van der Waals surface area (Å²) in [6.07, 6.45) is 0. The highest BCUT2D eigenvalue weighted by Gasteiger charge is 2.21. The van der Waals surface area contributed by atoms with Gasteiger partial charge in [-0.3, -0.25) is 24.0 Å². The highest BCUT2D eigenvalue weighted by Crippen LogP contribution is 2.12. The number of Topliss-reactive ketones (excluding diaryl/α,β-unsaturated/α-hetero) is 1. The summed E-state index contributed by atoms with van der Waals surface area (Å²) in [7, 11) is 2.97. The largest absolute Gasteiger partial charge is 0.384 e. The number of anilines is 1. The Kier molecular flexibility index (Phi) is 6.59. The zero-order chi connectivity index (χ0) is 20.1. The molecule has 1 heterocycles. The van der Waals surface area contributed by atoms with Crippen LogP contribution in [0.25, 0.3) is 0 Å². The molecular formula is C17H20F2N4O4. The van der Waals surface area contributed by atoms with Gasteiger partial charge in [-0.25, -0.2) is 13.6 Å². The van der Waals surface area contributed by atoms with Gasteiger partial charge in [0.15, 0.2) is 5.78 Å². The van der Waals surface area contributed by atoms with Crippen LogP contribution in [0.5, 0.6) is 0 Å². The molecule has 0 aliphatic heterocycles. The maximum absolute atomic E-state index is 13.7. The van der Waals surface area contributed by atoms with Crippen molar-refractivity contribution in [3.8, 4) is 0 Å². The van der Waals surface area contributed by atoms with E-state index in [-0.39, 0.29) is 43.2 Å². The second-order valence-corrected chi connectivity index (χ2v) is 6.00. The second-order valence-electron chi connectivity index (χ2n) is 6.00. The zero-order valence-electron chi connectivity index (χ0n) is 14.9. The lowest BCUT2D eigenvalue weighted by Crippen LogP contribution is -2.39. The van der Waals surface area contributed by atoms with Crippen LogP contribution in [0.4, 0.5) is 14.6 Å². The fourth-order valence-corrected chi connectivity index (χ4v) is 2.58. The van der Waals surface area contributed by atoms with Crippen molar-refractivity contribution in [3.63, 3.8) is 0 Å². The van der Waals surface area contributed by atoms with E-state index in [2.05, 4.69) is 4.98 Å². The number of aromatic nitrogens is 2. The number of ether oxygens (including phenoxy) is 1. The van der Waals surface area contributed by atoms with Crippen LogP contribution in [0, 0.1) is 11.6 Å². The maximum atomic E-state index is 13.7. The van der Waals surface area contributed by atoms with E-state index in [0.29, 0.717) is 0 Å². The standard InChI is InChI=1S/C17H20F2N4O4/c1-22(8-10-3-4-11(18)7-12(10)19)9-13(24)14-15(20)23(5-6-27-2)17(26)21-16(14)25/h3-4,7H,5-6,8-9,20H2,1-2H3,(H,21,25,26). The first-order valence-corrected chi connectivity index (χ1v) is 8.01. The van der Waals surface area contributed by atoms with Crippen molar-refractivity contribution < 1.29 is 18.3 Å². The summed E-state index contributed by atoms with van der Waals surface area (Å²) in [4.78, 5) is 39.9. The first-order valence-electron chi connectivity index (χ1n) is 8.01. The second kappa shape index (κ2) is 8.69. The highest BCUT2D eigenvalue weighted by atomic mass is 19.1. The molecule has 0 aliphatic rings. The molecule has 0 bridgehead atoms. The van der Waals surface area contributed by atoms with E-state index in [9.17, 15) is 23.2 Å². The Morgan fingerprint density at radius 1 is 1.33 bits per heavy atom. The van der Waals surface area contributed by atoms with Gasteiger partial charge in [0.1, 0.15) is 23.0 Å². The fraction of sp³-hybridized carbons (Fsp3) is 0.353. The lowest BCUT2D eigenvalue weighted by molar-refractivity contribution is 0.0940. The van der Waals surface area contributed by atoms with Gasteiger partial charge in [0.25, 0.3) is 5.56 Å². The number of ketones is 1. The van der Waals surface area contributed by atoms with E-state index in [1.54, 1.807) is 0 Å². The molecule has 1 aromatic heterocycles. The number of H-pyrrole nitrogens is 1. The number of nitrogen functional groups attached to an aromatic ring is 1. The van der Waals surface area contributed by atoms with Gasteiger partial charge in [0, 0.05) is 25.3 Å². The highest BCUT2D eigenvalue weighted by molar-refractivity contribution is 6.01. The average Bonchev–Trinajstić information content (AvgIpc) is 2.57. The van der Waals surface area contributed by atoms with Crippen molar-refractivity contribution >= 4 is 11.6 Å². The first kappa shape index (κ1) is 20.5. The van der Waals surface area contributed by atoms with E-state index in [1.807, 2.05) is 0 Å². The molecule has 0 unspecified atom stereocenters. The third-order valence-electron chi connectivity index (χ3n) is 3.91. The van der Waals surface area contributed by atoms with Crippen LogP contribution in [0.2, 0.25) is 0 Å². The number of aromatic amines is 1. The summed E-state index contributed by atoms with van der Waals surface area (Å²) < 4.78 is 32.6. The third kappa shape index (κ3) is 4.86. The smallest absolute Gasteiger partial charge is 0.330 e. The van der Waals surface area contributed by atoms with E-state index >= 15 is 0 Å². The summed E-state index contributed by atoms with van der Waals surface area (Å²) in [6.45, 7) is -0.0199. The van der Waals surface area contributed by atoms with Crippen molar-refractivity contribution in [3.05, 3.63) is 61.8 Å². The molecule has 1 aromatic carbocycles. The van der Waals surface area contributed by atoms with E-state index in [0.717, 1.165) is 16.7 Å². The third-order valence-corrected chi connectivity index (χ3v) is 3.91. The minimum absolute atomic E-state index is 0.0129. The molecule has 0 atom stereocenters. The molecule has 2 aromatic rings. The Labute approximate surface area is 153 Å². The molecule has 0 aliphatic carbocycles. The number of carbonyl (C=O) groups excluding carboxylic acids is 1. The molecule has 3 N–H and O–H groups in total. The topological polar surface area (TPSA) is 110 Å². The molecule has 0 radical (unpaired) electrons. The number of nitrogens with zero attached hydrogens (tertiary/aromatic N) is 2. The van der Waals surface area contributed by atoms with Crippen LogP contribution in [0.15, 0.2) is 27.8 Å². The van der Waals surface area contributed by atoms with Gasteiger partial charge in [-0.05, 0) is 13.1 Å². The van der Waals surface area contributed by atoms with Crippen molar-refractivity contribution in [1.82, 2.24) is 14.5 Å². The van der Waals surface area contributed by atoms with Crippen LogP contribution >= 0.6 is 0 Å². The molecule has 0 saturated carbocycles. The summed E-state index contributed by atoms with van der Waals surface area (Å²) in [6, 6.07) is 3.14. The molecular weight excluding hydrogens is 362 g/mol. The van der Waals surface area contributed by atoms with E-state index in [1.165, 1.54) is 25.1 Å². The van der Waals surface area contributed by atoms with Crippen LogP contribution < -0.4 is 17.0 Å². The Morgan fingerprint density at radius 3 is 2.67 bits per heavy atom. The molecule has 2 rings (SSSR count). The Morgan fingerprint density at radius 2 is 2.04 bits per heavy atom. The predicted octanol–water partition coefficient (Wildman–Crippen LogP) is 0.358. The number of nitrogens with two attached hydrogens (primary N) is 1. The van der Waals surface area contributed by atoms with Gasteiger partial charge in [0.2, 0.25) is 0 Å². The van der Waals surface area contributed by atoms with Crippen LogP contribution in [-0.4, -0.2) is 47.5 Å². The normalized spacial score (nSPS) is 11.1. The van der Waals surface area contributed by atoms with Gasteiger partial charge in [-0.1, -0.05) is 6.07 Å². The SMILES string of the molecule is COCCn1c(N)c(C(=O)CN(C)Cc2ccc(F)cc2F)c(=O)[nH]c1=O. The monoisotopic (exact) mass is 382 g/mol. The van der Waals surface area contributed by atoms with Crippen LogP contribution in [-0.2, 0) is 17.8 Å². The van der Waals surface area contributed by atoms with Crippen molar-refractivity contribution in [1.29, 1.82) is 0 Å². The number of likely N-dealkylation sites (N-methyl/N-ethyl adjacent to an activating group) is 1. The molecule has 0 amide bonds. The minimum Gasteiger partial charge on any atom is -0.384 e. The summed E-state index contributed by atoms with van der Waals surface area (Å²) in [5, 5.41) is 0. The Bertz CT molecular complexity index is 955. The summed E-state index contributed by atoms with van der Waals surface area (Å²) in [5.74, 6) is -2.33. The minimum atomic E-state index is -0.891. The predicted molar refractivity (Wildman–Crippen MR) is 94.6 cm³/mol. The lowest BCUT2D eigenvalue weighted by atomic mass is 10.1. The van der Waals surface area contributed by atoms with E-state index < -0.39 is 28.7 Å². The molecule has 10 heteroatoms. The van der Waals surface area contributed by atoms with Crippen molar-refractivity contribution in [2.45, 2.75) is 13.1 Å². The number of benzene rings is 1. The quantitative estimate of drug-likeness (QED) is 0.638. The number of nitrogens with one attached hydrogen (secondary N) is 1. The summed E-state index contributed by atoms with van der Waals surface area (Å²) in [5.41, 5.74) is 4.05. The van der Waals surface area contributed by atoms with Gasteiger partial charge in [-0.15, -0.1) is 0 Å². The molecule has 27 heavy (non-hydrogen) atoms. The van der Waals surface area contributed by atoms with Gasteiger partial charge >= 0.3 is 5.69 Å². The molecule has 146 valence electrons. The number of carbonyl (C=O) groups is 1. The number of hydrogen-bond donors (Lipinski definition) is 2. The summed E-state index contributed by atoms with van der Waals surface area (Å²) >= 11 is 0.